The van der Waals surface area contributed by atoms with Gasteiger partial charge in [0, 0.05) is 11.9 Å². The Kier molecular flexibility index (Phi) is 5.72. The van der Waals surface area contributed by atoms with Crippen molar-refractivity contribution < 1.29 is 18.4 Å². The summed E-state index contributed by atoms with van der Waals surface area (Å²) in [5, 5.41) is 9.45. The van der Waals surface area contributed by atoms with Crippen molar-refractivity contribution in [3.05, 3.63) is 78.1 Å². The number of nitrogens with zero attached hydrogens (tertiary/aromatic N) is 2. The molecule has 2 amide bonds. The van der Waals surface area contributed by atoms with Gasteiger partial charge in [-0.25, -0.2) is 8.78 Å². The van der Waals surface area contributed by atoms with Crippen molar-refractivity contribution in [2.45, 2.75) is 25.8 Å². The fourth-order valence-corrected chi connectivity index (χ4v) is 2.68. The Morgan fingerprint density at radius 3 is 2.14 bits per heavy atom. The third kappa shape index (κ3) is 5.04. The maximum Gasteiger partial charge on any atom is 0.246 e. The molecule has 0 atom stereocenters. The maximum atomic E-state index is 13.1. The van der Waals surface area contributed by atoms with E-state index in [0.717, 1.165) is 0 Å². The van der Waals surface area contributed by atoms with Crippen LogP contribution in [0.5, 0.6) is 0 Å². The summed E-state index contributed by atoms with van der Waals surface area (Å²) >= 11 is 0. The first-order valence-electron chi connectivity index (χ1n) is 8.89. The normalized spacial score (nSPS) is 11.2. The molecular formula is C21H20F2N4O2. The summed E-state index contributed by atoms with van der Waals surface area (Å²) in [5.41, 5.74) is 0.677. The van der Waals surface area contributed by atoms with E-state index in [1.807, 2.05) is 0 Å². The van der Waals surface area contributed by atoms with Crippen LogP contribution >= 0.6 is 0 Å². The van der Waals surface area contributed by atoms with Gasteiger partial charge in [-0.05, 0) is 55.8 Å². The van der Waals surface area contributed by atoms with Gasteiger partial charge in [-0.1, -0.05) is 12.1 Å². The molecule has 2 aromatic carbocycles. The van der Waals surface area contributed by atoms with Crippen molar-refractivity contribution in [2.75, 3.05) is 10.6 Å². The molecule has 6 nitrogen and oxygen atoms in total. The molecule has 29 heavy (non-hydrogen) atoms. The number of hydrogen-bond donors (Lipinski definition) is 2. The zero-order valence-corrected chi connectivity index (χ0v) is 15.9. The van der Waals surface area contributed by atoms with Gasteiger partial charge in [0.1, 0.15) is 18.2 Å². The largest absolute Gasteiger partial charge is 0.324 e. The van der Waals surface area contributed by atoms with Crippen LogP contribution in [0.4, 0.5) is 20.2 Å². The Bertz CT molecular complexity index is 1010. The van der Waals surface area contributed by atoms with Crippen LogP contribution in [0, 0.1) is 11.6 Å². The number of rotatable bonds is 6. The molecule has 0 fully saturated rings. The number of amides is 2. The summed E-state index contributed by atoms with van der Waals surface area (Å²) in [5.74, 6) is -1.40. The molecule has 0 saturated heterocycles. The van der Waals surface area contributed by atoms with E-state index in [9.17, 15) is 18.4 Å². The minimum Gasteiger partial charge on any atom is -0.324 e. The molecule has 8 heteroatoms. The lowest BCUT2D eigenvalue weighted by atomic mass is 9.83. The number of aromatic nitrogens is 2. The van der Waals surface area contributed by atoms with Crippen LogP contribution in [0.25, 0.3) is 0 Å². The lowest BCUT2D eigenvalue weighted by molar-refractivity contribution is -0.120. The highest BCUT2D eigenvalue weighted by molar-refractivity contribution is 5.98. The standard InChI is InChI=1S/C21H20F2N4O2/c1-21(2,14-3-5-15(22)6-4-14)20(29)26-18-11-24-27(12-18)13-19(28)25-17-9-7-16(23)8-10-17/h3-12H,13H2,1-2H3,(H,25,28)(H,26,29). The minimum atomic E-state index is -0.893. The SMILES string of the molecule is CC(C)(C(=O)Nc1cnn(CC(=O)Nc2ccc(F)cc2)c1)c1ccc(F)cc1. The molecule has 150 valence electrons. The summed E-state index contributed by atoms with van der Waals surface area (Å²) < 4.78 is 27.4. The minimum absolute atomic E-state index is 0.0748. The first-order valence-corrected chi connectivity index (χ1v) is 8.89. The Morgan fingerprint density at radius 1 is 0.931 bits per heavy atom. The molecule has 0 aliphatic heterocycles. The highest BCUT2D eigenvalue weighted by atomic mass is 19.1. The van der Waals surface area contributed by atoms with Crippen molar-refractivity contribution in [3.63, 3.8) is 0 Å². The van der Waals surface area contributed by atoms with Crippen molar-refractivity contribution in [2.24, 2.45) is 0 Å². The lowest BCUT2D eigenvalue weighted by Crippen LogP contribution is -2.34. The molecule has 0 unspecified atom stereocenters. The summed E-state index contributed by atoms with van der Waals surface area (Å²) in [4.78, 5) is 24.8. The van der Waals surface area contributed by atoms with Crippen LogP contribution in [0.3, 0.4) is 0 Å². The van der Waals surface area contributed by atoms with E-state index in [-0.39, 0.29) is 30.0 Å². The van der Waals surface area contributed by atoms with Crippen LogP contribution in [-0.2, 0) is 21.5 Å². The third-order valence-corrected chi connectivity index (χ3v) is 4.46. The Labute approximate surface area is 166 Å². The second-order valence-corrected chi connectivity index (χ2v) is 7.07. The number of hydrogen-bond acceptors (Lipinski definition) is 3. The van der Waals surface area contributed by atoms with E-state index in [4.69, 9.17) is 0 Å². The smallest absolute Gasteiger partial charge is 0.246 e. The van der Waals surface area contributed by atoms with Crippen molar-refractivity contribution in [3.8, 4) is 0 Å². The van der Waals surface area contributed by atoms with Crippen LogP contribution in [0.2, 0.25) is 0 Å². The fourth-order valence-electron chi connectivity index (χ4n) is 2.68. The monoisotopic (exact) mass is 398 g/mol. The lowest BCUT2D eigenvalue weighted by Gasteiger charge is -2.23. The molecule has 1 aromatic heterocycles. The van der Waals surface area contributed by atoms with E-state index in [0.29, 0.717) is 16.9 Å². The zero-order valence-electron chi connectivity index (χ0n) is 15.9. The summed E-state index contributed by atoms with van der Waals surface area (Å²) in [6.07, 6.45) is 2.96. The molecule has 0 bridgehead atoms. The Morgan fingerprint density at radius 2 is 1.52 bits per heavy atom. The number of anilines is 2. The number of nitrogens with one attached hydrogen (secondary N) is 2. The van der Waals surface area contributed by atoms with Crippen LogP contribution in [-0.4, -0.2) is 21.6 Å². The molecule has 0 aliphatic carbocycles. The zero-order chi connectivity index (χ0) is 21.0. The quantitative estimate of drug-likeness (QED) is 0.665. The predicted molar refractivity (Wildman–Crippen MR) is 105 cm³/mol. The first kappa shape index (κ1) is 20.2. The predicted octanol–water partition coefficient (Wildman–Crippen LogP) is 3.72. The molecule has 0 spiro atoms. The second-order valence-electron chi connectivity index (χ2n) is 7.07. The van der Waals surface area contributed by atoms with Gasteiger partial charge in [0.25, 0.3) is 0 Å². The fraction of sp³-hybridized carbons (Fsp3) is 0.190. The topological polar surface area (TPSA) is 76.0 Å². The van der Waals surface area contributed by atoms with Gasteiger partial charge in [0.05, 0.1) is 17.3 Å². The van der Waals surface area contributed by atoms with E-state index < -0.39 is 5.41 Å². The van der Waals surface area contributed by atoms with Crippen LogP contribution < -0.4 is 10.6 Å². The van der Waals surface area contributed by atoms with Crippen LogP contribution in [0.15, 0.2) is 60.9 Å². The molecule has 2 N–H and O–H groups in total. The van der Waals surface area contributed by atoms with Gasteiger partial charge in [0.15, 0.2) is 0 Å². The first-order chi connectivity index (χ1) is 13.7. The van der Waals surface area contributed by atoms with E-state index in [2.05, 4.69) is 15.7 Å². The summed E-state index contributed by atoms with van der Waals surface area (Å²) in [6.45, 7) is 3.39. The molecule has 0 aliphatic rings. The Balaban J connectivity index is 1.60. The van der Waals surface area contributed by atoms with E-state index >= 15 is 0 Å². The van der Waals surface area contributed by atoms with Gasteiger partial charge in [-0.3, -0.25) is 14.3 Å². The average Bonchev–Trinajstić information content (AvgIpc) is 3.10. The molecule has 3 rings (SSSR count). The highest BCUT2D eigenvalue weighted by Gasteiger charge is 2.30. The van der Waals surface area contributed by atoms with Crippen molar-refractivity contribution in [1.29, 1.82) is 0 Å². The van der Waals surface area contributed by atoms with Gasteiger partial charge in [-0.15, -0.1) is 0 Å². The van der Waals surface area contributed by atoms with Gasteiger partial charge in [0.2, 0.25) is 11.8 Å². The molecule has 0 saturated carbocycles. The van der Waals surface area contributed by atoms with Gasteiger partial charge < -0.3 is 10.6 Å². The molecule has 0 radical (unpaired) electrons. The van der Waals surface area contributed by atoms with Crippen molar-refractivity contribution >= 4 is 23.2 Å². The van der Waals surface area contributed by atoms with Crippen LogP contribution in [0.1, 0.15) is 19.4 Å². The number of benzene rings is 2. The molecular weight excluding hydrogens is 378 g/mol. The van der Waals surface area contributed by atoms with E-state index in [1.165, 1.54) is 53.5 Å². The maximum absolute atomic E-state index is 13.1. The average molecular weight is 398 g/mol. The Hall–Kier alpha value is -3.55. The molecule has 1 heterocycles. The van der Waals surface area contributed by atoms with E-state index in [1.54, 1.807) is 26.0 Å². The summed E-state index contributed by atoms with van der Waals surface area (Å²) in [6, 6.07) is 11.2. The van der Waals surface area contributed by atoms with Gasteiger partial charge in [-0.2, -0.15) is 5.10 Å². The van der Waals surface area contributed by atoms with Gasteiger partial charge >= 0.3 is 0 Å². The number of carbonyl (C=O) groups excluding carboxylic acids is 2. The number of halogens is 2. The van der Waals surface area contributed by atoms with Crippen molar-refractivity contribution in [1.82, 2.24) is 9.78 Å². The summed E-state index contributed by atoms with van der Waals surface area (Å²) in [7, 11) is 0. The molecule has 3 aromatic rings. The highest BCUT2D eigenvalue weighted by Crippen LogP contribution is 2.25. The number of carbonyl (C=O) groups is 2. The second kappa shape index (κ2) is 8.22. The third-order valence-electron chi connectivity index (χ3n) is 4.46.